The molecule has 0 saturated heterocycles. The van der Waals surface area contributed by atoms with Gasteiger partial charge in [0.15, 0.2) is 10.8 Å². The molecule has 7 heteroatoms. The van der Waals surface area contributed by atoms with Gasteiger partial charge in [0.25, 0.3) is 0 Å². The predicted octanol–water partition coefficient (Wildman–Crippen LogP) is 4.31. The summed E-state index contributed by atoms with van der Waals surface area (Å²) in [5.41, 5.74) is 3.10. The molecule has 0 bridgehead atoms. The molecule has 0 amide bonds. The minimum atomic E-state index is -0.419. The van der Waals surface area contributed by atoms with E-state index in [2.05, 4.69) is 26.7 Å². The van der Waals surface area contributed by atoms with Crippen LogP contribution in [0.1, 0.15) is 5.56 Å². The van der Waals surface area contributed by atoms with Gasteiger partial charge in [0.1, 0.15) is 6.20 Å². The van der Waals surface area contributed by atoms with Crippen LogP contribution in [-0.2, 0) is 13.0 Å². The second kappa shape index (κ2) is 6.45. The van der Waals surface area contributed by atoms with Gasteiger partial charge in [-0.15, -0.1) is 0 Å². The van der Waals surface area contributed by atoms with E-state index in [1.165, 1.54) is 11.8 Å². The largest absolute Gasteiger partial charge is 0.344 e. The Hall–Kier alpha value is -3.06. The van der Waals surface area contributed by atoms with E-state index in [0.29, 0.717) is 10.8 Å². The van der Waals surface area contributed by atoms with Gasteiger partial charge in [-0.05, 0) is 35.5 Å². The zero-order chi connectivity index (χ0) is 17.2. The van der Waals surface area contributed by atoms with Gasteiger partial charge in [-0.1, -0.05) is 42.5 Å². The number of aryl methyl sites for hydroxylation is 2. The number of fused-ring (bicyclic) bond motifs is 1. The standard InChI is InChI=1S/C18H14N4O2S/c23-22(24)16-12-19-18(25-16)17-20-14-8-4-5-9-15(14)21(17)11-10-13-6-2-1-3-7-13/h1-9,12H,10-11H2. The van der Waals surface area contributed by atoms with Crippen molar-refractivity contribution in [2.75, 3.05) is 0 Å². The van der Waals surface area contributed by atoms with Crippen molar-refractivity contribution in [2.45, 2.75) is 13.0 Å². The highest BCUT2D eigenvalue weighted by atomic mass is 32.1. The lowest BCUT2D eigenvalue weighted by Gasteiger charge is -2.08. The summed E-state index contributed by atoms with van der Waals surface area (Å²) in [6.07, 6.45) is 2.14. The van der Waals surface area contributed by atoms with Crippen LogP contribution in [0.25, 0.3) is 21.9 Å². The molecule has 4 aromatic rings. The summed E-state index contributed by atoms with van der Waals surface area (Å²) in [4.78, 5) is 19.4. The van der Waals surface area contributed by atoms with Gasteiger partial charge in [0, 0.05) is 6.54 Å². The van der Waals surface area contributed by atoms with E-state index in [0.717, 1.165) is 35.3 Å². The first kappa shape index (κ1) is 15.5. The third kappa shape index (κ3) is 3.01. The van der Waals surface area contributed by atoms with E-state index in [4.69, 9.17) is 0 Å². The zero-order valence-corrected chi connectivity index (χ0v) is 14.0. The van der Waals surface area contributed by atoms with Crippen molar-refractivity contribution in [1.29, 1.82) is 0 Å². The quantitative estimate of drug-likeness (QED) is 0.397. The summed E-state index contributed by atoms with van der Waals surface area (Å²) in [5.74, 6) is 0.676. The van der Waals surface area contributed by atoms with E-state index >= 15 is 0 Å². The number of imidazole rings is 1. The van der Waals surface area contributed by atoms with Crippen molar-refractivity contribution >= 4 is 27.4 Å². The predicted molar refractivity (Wildman–Crippen MR) is 97.6 cm³/mol. The van der Waals surface area contributed by atoms with Gasteiger partial charge in [-0.25, -0.2) is 9.97 Å². The van der Waals surface area contributed by atoms with Crippen molar-refractivity contribution < 1.29 is 4.92 Å². The van der Waals surface area contributed by atoms with Crippen molar-refractivity contribution in [3.8, 4) is 10.8 Å². The van der Waals surface area contributed by atoms with Crippen LogP contribution in [0.2, 0.25) is 0 Å². The Morgan fingerprint density at radius 3 is 2.60 bits per heavy atom. The summed E-state index contributed by atoms with van der Waals surface area (Å²) in [6, 6.07) is 18.1. The Bertz CT molecular complexity index is 1040. The molecule has 0 atom stereocenters. The third-order valence-corrected chi connectivity index (χ3v) is 4.93. The molecule has 6 nitrogen and oxygen atoms in total. The molecule has 0 spiro atoms. The van der Waals surface area contributed by atoms with Crippen molar-refractivity contribution in [3.05, 3.63) is 76.5 Å². The lowest BCUT2D eigenvalue weighted by molar-refractivity contribution is -0.380. The number of rotatable bonds is 5. The number of benzene rings is 2. The first-order valence-electron chi connectivity index (χ1n) is 7.82. The molecule has 4 rings (SSSR count). The number of hydrogen-bond donors (Lipinski definition) is 0. The third-order valence-electron chi connectivity index (χ3n) is 3.99. The maximum atomic E-state index is 11.0. The summed E-state index contributed by atoms with van der Waals surface area (Å²) in [6.45, 7) is 0.729. The minimum Gasteiger partial charge on any atom is -0.322 e. The molecule has 0 fully saturated rings. The van der Waals surface area contributed by atoms with E-state index < -0.39 is 4.92 Å². The minimum absolute atomic E-state index is 0.0247. The Kier molecular flexibility index (Phi) is 3.99. The molecular formula is C18H14N4O2S. The summed E-state index contributed by atoms with van der Waals surface area (Å²) < 4.78 is 2.09. The van der Waals surface area contributed by atoms with E-state index in [1.54, 1.807) is 0 Å². The van der Waals surface area contributed by atoms with E-state index in [1.807, 2.05) is 42.5 Å². The molecular weight excluding hydrogens is 336 g/mol. The number of nitro groups is 1. The molecule has 0 radical (unpaired) electrons. The summed E-state index contributed by atoms with van der Waals surface area (Å²) >= 11 is 1.05. The van der Waals surface area contributed by atoms with Crippen molar-refractivity contribution in [1.82, 2.24) is 14.5 Å². The van der Waals surface area contributed by atoms with Crippen LogP contribution in [0.5, 0.6) is 0 Å². The molecule has 2 aromatic carbocycles. The molecule has 0 saturated carbocycles. The average molecular weight is 350 g/mol. The summed E-state index contributed by atoms with van der Waals surface area (Å²) in [7, 11) is 0. The maximum absolute atomic E-state index is 11.0. The molecule has 25 heavy (non-hydrogen) atoms. The molecule has 124 valence electrons. The highest BCUT2D eigenvalue weighted by Gasteiger charge is 2.19. The highest BCUT2D eigenvalue weighted by molar-refractivity contribution is 7.18. The Labute approximate surface area is 147 Å². The number of thiazole rings is 1. The highest BCUT2D eigenvalue weighted by Crippen LogP contribution is 2.31. The monoisotopic (exact) mass is 350 g/mol. The Balaban J connectivity index is 1.76. The van der Waals surface area contributed by atoms with Gasteiger partial charge in [0.05, 0.1) is 16.0 Å². The second-order valence-electron chi connectivity index (χ2n) is 5.57. The first-order valence-corrected chi connectivity index (χ1v) is 8.64. The van der Waals surface area contributed by atoms with Crippen LogP contribution < -0.4 is 0 Å². The Morgan fingerprint density at radius 2 is 1.84 bits per heavy atom. The Morgan fingerprint density at radius 1 is 1.08 bits per heavy atom. The molecule has 0 aliphatic rings. The van der Waals surface area contributed by atoms with Crippen LogP contribution in [0.4, 0.5) is 5.00 Å². The molecule has 0 aliphatic carbocycles. The number of aromatic nitrogens is 3. The van der Waals surface area contributed by atoms with Crippen molar-refractivity contribution in [3.63, 3.8) is 0 Å². The van der Waals surface area contributed by atoms with Gasteiger partial charge < -0.3 is 4.57 Å². The fourth-order valence-corrected chi connectivity index (χ4v) is 3.53. The molecule has 0 unspecified atom stereocenters. The zero-order valence-electron chi connectivity index (χ0n) is 13.2. The second-order valence-corrected chi connectivity index (χ2v) is 6.58. The van der Waals surface area contributed by atoms with Crippen LogP contribution in [0, 0.1) is 10.1 Å². The lowest BCUT2D eigenvalue weighted by Crippen LogP contribution is -2.03. The number of nitrogens with zero attached hydrogens (tertiary/aromatic N) is 4. The van der Waals surface area contributed by atoms with Crippen LogP contribution in [-0.4, -0.2) is 19.5 Å². The smallest absolute Gasteiger partial charge is 0.322 e. The van der Waals surface area contributed by atoms with Gasteiger partial charge >= 0.3 is 5.00 Å². The van der Waals surface area contributed by atoms with Gasteiger partial charge in [0.2, 0.25) is 0 Å². The van der Waals surface area contributed by atoms with Crippen LogP contribution in [0.15, 0.2) is 60.8 Å². The SMILES string of the molecule is O=[N+]([O-])c1cnc(-c2nc3ccccc3n2CCc2ccccc2)s1. The van der Waals surface area contributed by atoms with Crippen molar-refractivity contribution in [2.24, 2.45) is 0 Å². The molecule has 2 heterocycles. The fraction of sp³-hybridized carbons (Fsp3) is 0.111. The normalized spacial score (nSPS) is 11.0. The number of hydrogen-bond acceptors (Lipinski definition) is 5. The molecule has 0 aliphatic heterocycles. The van der Waals surface area contributed by atoms with Crippen LogP contribution >= 0.6 is 11.3 Å². The first-order chi connectivity index (χ1) is 12.2. The molecule has 2 aromatic heterocycles. The van der Waals surface area contributed by atoms with Gasteiger partial charge in [-0.3, -0.25) is 10.1 Å². The lowest BCUT2D eigenvalue weighted by atomic mass is 10.1. The van der Waals surface area contributed by atoms with Gasteiger partial charge in [-0.2, -0.15) is 0 Å². The summed E-state index contributed by atoms with van der Waals surface area (Å²) in [5, 5.41) is 11.6. The fourth-order valence-electron chi connectivity index (χ4n) is 2.80. The van der Waals surface area contributed by atoms with Crippen LogP contribution in [0.3, 0.4) is 0 Å². The maximum Gasteiger partial charge on any atom is 0.344 e. The van der Waals surface area contributed by atoms with E-state index in [-0.39, 0.29) is 5.00 Å². The topological polar surface area (TPSA) is 73.8 Å². The average Bonchev–Trinajstić information content (AvgIpc) is 3.26. The van der Waals surface area contributed by atoms with E-state index in [9.17, 15) is 10.1 Å². The molecule has 0 N–H and O–H groups in total. The number of para-hydroxylation sites is 2.